The topological polar surface area (TPSA) is 89.0 Å². The molecular formula is C21H17N5O2S. The summed E-state index contributed by atoms with van der Waals surface area (Å²) in [5, 5.41) is 9.54. The number of aromatic nitrogens is 3. The molecule has 4 rings (SSSR count). The Morgan fingerprint density at radius 2 is 2.07 bits per heavy atom. The summed E-state index contributed by atoms with van der Waals surface area (Å²) in [7, 11) is 0. The molecule has 0 saturated carbocycles. The van der Waals surface area contributed by atoms with Gasteiger partial charge in [0.15, 0.2) is 0 Å². The van der Waals surface area contributed by atoms with Gasteiger partial charge in [0.2, 0.25) is 5.95 Å². The second-order valence-corrected chi connectivity index (χ2v) is 6.92. The normalized spacial score (nSPS) is 10.4. The predicted octanol–water partition coefficient (Wildman–Crippen LogP) is 5.26. The maximum atomic E-state index is 12.1. The van der Waals surface area contributed by atoms with E-state index in [-0.39, 0.29) is 0 Å². The Bertz CT molecular complexity index is 1120. The van der Waals surface area contributed by atoms with Gasteiger partial charge in [-0.3, -0.25) is 10.3 Å². The van der Waals surface area contributed by atoms with E-state index < -0.39 is 6.09 Å². The van der Waals surface area contributed by atoms with Gasteiger partial charge in [0.25, 0.3) is 0 Å². The lowest BCUT2D eigenvalue weighted by atomic mass is 10.2. The zero-order valence-corrected chi connectivity index (χ0v) is 16.3. The van der Waals surface area contributed by atoms with Crippen LogP contribution in [0.1, 0.15) is 5.56 Å². The zero-order valence-electron chi connectivity index (χ0n) is 15.5. The quantitative estimate of drug-likeness (QED) is 0.472. The van der Waals surface area contributed by atoms with Crippen molar-refractivity contribution in [3.63, 3.8) is 0 Å². The van der Waals surface area contributed by atoms with Crippen LogP contribution in [-0.4, -0.2) is 21.0 Å². The molecule has 1 aromatic carbocycles. The third-order valence-electron chi connectivity index (χ3n) is 4.05. The Morgan fingerprint density at radius 1 is 1.14 bits per heavy atom. The molecule has 1 amide bonds. The van der Waals surface area contributed by atoms with Crippen LogP contribution in [-0.2, 0) is 0 Å². The zero-order chi connectivity index (χ0) is 20.1. The van der Waals surface area contributed by atoms with E-state index in [4.69, 9.17) is 4.74 Å². The van der Waals surface area contributed by atoms with E-state index in [0.29, 0.717) is 17.4 Å². The molecule has 0 atom stereocenters. The van der Waals surface area contributed by atoms with Gasteiger partial charge in [-0.25, -0.2) is 14.8 Å². The maximum absolute atomic E-state index is 12.1. The lowest BCUT2D eigenvalue weighted by Gasteiger charge is -2.12. The molecule has 0 radical (unpaired) electrons. The number of hydrogen-bond acceptors (Lipinski definition) is 7. The monoisotopic (exact) mass is 403 g/mol. The van der Waals surface area contributed by atoms with Crippen molar-refractivity contribution in [2.75, 3.05) is 10.6 Å². The van der Waals surface area contributed by atoms with Crippen LogP contribution in [0.2, 0.25) is 0 Å². The van der Waals surface area contributed by atoms with Gasteiger partial charge in [0.05, 0.1) is 5.69 Å². The number of carbonyl (C=O) groups excluding carboxylic acids is 1. The molecule has 0 aliphatic rings. The molecule has 0 saturated heterocycles. The van der Waals surface area contributed by atoms with Crippen molar-refractivity contribution in [1.82, 2.24) is 15.0 Å². The first-order chi connectivity index (χ1) is 14.2. The van der Waals surface area contributed by atoms with Crippen LogP contribution in [0.25, 0.3) is 11.3 Å². The molecular weight excluding hydrogens is 386 g/mol. The van der Waals surface area contributed by atoms with Crippen LogP contribution in [0, 0.1) is 6.92 Å². The molecule has 0 unspecified atom stereocenters. The second kappa shape index (κ2) is 8.49. The standard InChI is InChI=1S/C21H17N5O2S/c1-14-4-5-16(24-21(27)28-17-7-10-29-13-17)11-19(14)26-20-23-9-6-18(25-20)15-3-2-8-22-12-15/h2-13H,1H3,(H,24,27)(H,23,25,26). The number of anilines is 3. The molecule has 4 aromatic rings. The van der Waals surface area contributed by atoms with Crippen LogP contribution in [0.5, 0.6) is 5.75 Å². The number of benzene rings is 1. The molecule has 0 aliphatic carbocycles. The fourth-order valence-electron chi connectivity index (χ4n) is 2.61. The molecule has 0 spiro atoms. The summed E-state index contributed by atoms with van der Waals surface area (Å²) in [6.45, 7) is 1.96. The third-order valence-corrected chi connectivity index (χ3v) is 4.71. The highest BCUT2D eigenvalue weighted by molar-refractivity contribution is 7.08. The van der Waals surface area contributed by atoms with Crippen molar-refractivity contribution in [3.8, 4) is 17.0 Å². The van der Waals surface area contributed by atoms with Gasteiger partial charge in [-0.2, -0.15) is 0 Å². The van der Waals surface area contributed by atoms with E-state index in [9.17, 15) is 4.79 Å². The molecule has 3 heterocycles. The smallest absolute Gasteiger partial charge is 0.409 e. The fourth-order valence-corrected chi connectivity index (χ4v) is 3.16. The second-order valence-electron chi connectivity index (χ2n) is 6.14. The number of thiophene rings is 1. The van der Waals surface area contributed by atoms with Gasteiger partial charge >= 0.3 is 6.09 Å². The van der Waals surface area contributed by atoms with Crippen LogP contribution in [0.15, 0.2) is 71.8 Å². The first-order valence-corrected chi connectivity index (χ1v) is 9.74. The fraction of sp³-hybridized carbons (Fsp3) is 0.0476. The molecule has 8 heteroatoms. The molecule has 29 heavy (non-hydrogen) atoms. The number of hydrogen-bond donors (Lipinski definition) is 2. The van der Waals surface area contributed by atoms with E-state index in [2.05, 4.69) is 25.6 Å². The molecule has 0 aliphatic heterocycles. The number of aryl methyl sites for hydroxylation is 1. The number of carbonyl (C=O) groups is 1. The highest BCUT2D eigenvalue weighted by Gasteiger charge is 2.09. The number of nitrogens with zero attached hydrogens (tertiary/aromatic N) is 3. The van der Waals surface area contributed by atoms with Crippen LogP contribution in [0.3, 0.4) is 0 Å². The van der Waals surface area contributed by atoms with E-state index in [1.807, 2.05) is 48.7 Å². The first-order valence-electron chi connectivity index (χ1n) is 8.79. The number of ether oxygens (including phenoxy) is 1. The van der Waals surface area contributed by atoms with Crippen molar-refractivity contribution in [2.45, 2.75) is 6.92 Å². The largest absolute Gasteiger partial charge is 0.417 e. The Labute approximate surface area is 171 Å². The highest BCUT2D eigenvalue weighted by Crippen LogP contribution is 2.24. The minimum absolute atomic E-state index is 0.451. The lowest BCUT2D eigenvalue weighted by molar-refractivity contribution is 0.215. The summed E-state index contributed by atoms with van der Waals surface area (Å²) < 4.78 is 5.22. The Morgan fingerprint density at radius 3 is 2.86 bits per heavy atom. The SMILES string of the molecule is Cc1ccc(NC(=O)Oc2ccsc2)cc1Nc1nccc(-c2cccnc2)n1. The van der Waals surface area contributed by atoms with Crippen molar-refractivity contribution in [3.05, 3.63) is 77.4 Å². The number of nitrogens with one attached hydrogen (secondary N) is 2. The summed E-state index contributed by atoms with van der Waals surface area (Å²) in [4.78, 5) is 25.0. The molecule has 0 bridgehead atoms. The highest BCUT2D eigenvalue weighted by atomic mass is 32.1. The molecule has 7 nitrogen and oxygen atoms in total. The van der Waals surface area contributed by atoms with Gasteiger partial charge in [-0.15, -0.1) is 11.3 Å². The van der Waals surface area contributed by atoms with E-state index in [0.717, 1.165) is 22.5 Å². The lowest BCUT2D eigenvalue weighted by Crippen LogP contribution is -2.16. The summed E-state index contributed by atoms with van der Waals surface area (Å²) in [6.07, 6.45) is 4.61. The third kappa shape index (κ3) is 4.74. The van der Waals surface area contributed by atoms with Gasteiger partial charge in [-0.1, -0.05) is 6.07 Å². The summed E-state index contributed by atoms with van der Waals surface area (Å²) >= 11 is 1.46. The van der Waals surface area contributed by atoms with Gasteiger partial charge < -0.3 is 10.1 Å². The number of pyridine rings is 1. The van der Waals surface area contributed by atoms with Gasteiger partial charge in [0, 0.05) is 40.9 Å². The van der Waals surface area contributed by atoms with Crippen LogP contribution >= 0.6 is 11.3 Å². The summed E-state index contributed by atoms with van der Waals surface area (Å²) in [5.41, 5.74) is 4.03. The van der Waals surface area contributed by atoms with Crippen LogP contribution < -0.4 is 15.4 Å². The average molecular weight is 403 g/mol. The molecule has 3 aromatic heterocycles. The van der Waals surface area contributed by atoms with Gasteiger partial charge in [0.1, 0.15) is 5.75 Å². The molecule has 2 N–H and O–H groups in total. The van der Waals surface area contributed by atoms with E-state index >= 15 is 0 Å². The van der Waals surface area contributed by atoms with Crippen molar-refractivity contribution < 1.29 is 9.53 Å². The predicted molar refractivity (Wildman–Crippen MR) is 114 cm³/mol. The average Bonchev–Trinajstić information content (AvgIpc) is 3.24. The summed E-state index contributed by atoms with van der Waals surface area (Å²) in [5.74, 6) is 0.964. The van der Waals surface area contributed by atoms with Gasteiger partial charge in [-0.05, 0) is 54.3 Å². The van der Waals surface area contributed by atoms with Crippen LogP contribution in [0.4, 0.5) is 22.1 Å². The molecule has 0 fully saturated rings. The van der Waals surface area contributed by atoms with E-state index in [1.54, 1.807) is 30.0 Å². The van der Waals surface area contributed by atoms with E-state index in [1.165, 1.54) is 11.3 Å². The van der Waals surface area contributed by atoms with Crippen molar-refractivity contribution in [2.24, 2.45) is 0 Å². The van der Waals surface area contributed by atoms with Crippen molar-refractivity contribution in [1.29, 1.82) is 0 Å². The number of rotatable bonds is 5. The maximum Gasteiger partial charge on any atom is 0.417 e. The molecule has 144 valence electrons. The minimum atomic E-state index is -0.548. The number of amides is 1. The minimum Gasteiger partial charge on any atom is -0.409 e. The van der Waals surface area contributed by atoms with Crippen molar-refractivity contribution >= 4 is 34.8 Å². The Kier molecular flexibility index (Phi) is 5.44. The Hall–Kier alpha value is -3.78. The summed E-state index contributed by atoms with van der Waals surface area (Å²) in [6, 6.07) is 12.9. The Balaban J connectivity index is 1.50. The first kappa shape index (κ1) is 18.6.